The number of nitrogens with one attached hydrogen (secondary N) is 1. The number of rotatable bonds is 8. The molecule has 0 aliphatic carbocycles. The molecule has 0 unspecified atom stereocenters. The number of benzene rings is 2. The van der Waals surface area contributed by atoms with E-state index >= 15 is 0 Å². The Balaban J connectivity index is 1.44. The molecule has 11 nitrogen and oxygen atoms in total. The molecule has 0 saturated carbocycles. The minimum atomic E-state index is -3.96. The van der Waals surface area contributed by atoms with Crippen molar-refractivity contribution < 1.29 is 17.9 Å². The number of nitrogens with zero attached hydrogens (tertiary/aromatic N) is 6. The van der Waals surface area contributed by atoms with E-state index in [0.717, 1.165) is 22.2 Å². The summed E-state index contributed by atoms with van der Waals surface area (Å²) in [6.45, 7) is 6.64. The van der Waals surface area contributed by atoms with Gasteiger partial charge in [0, 0.05) is 36.6 Å². The van der Waals surface area contributed by atoms with Crippen molar-refractivity contribution >= 4 is 49.8 Å². The van der Waals surface area contributed by atoms with Crippen LogP contribution in [-0.2, 0) is 27.9 Å². The standard InChI is InChI=1S/C33H32ClN7O4S/c1-4-25-20-40(46(43,44)30-9-7-15-36-33(30)45-25)19-23-16-22(10-12-28(23)34)27(17-31(42)37-24-8-6-14-35-18-24)26-11-13-29-32(21(26)3)38-39-41(29)5-2/h6-18,25H,4-5,19-20H2,1-3H3,(H,37,42)/t25-/m1/s1. The lowest BCUT2D eigenvalue weighted by Gasteiger charge is -2.23. The van der Waals surface area contributed by atoms with E-state index < -0.39 is 16.1 Å². The van der Waals surface area contributed by atoms with E-state index in [1.54, 1.807) is 36.7 Å². The molecule has 1 atom stereocenters. The Morgan fingerprint density at radius 3 is 2.72 bits per heavy atom. The maximum absolute atomic E-state index is 13.8. The van der Waals surface area contributed by atoms with Crippen LogP contribution in [0.15, 0.2) is 84.2 Å². The molecule has 4 heterocycles. The Hall–Kier alpha value is -4.65. The Bertz CT molecular complexity index is 2070. The summed E-state index contributed by atoms with van der Waals surface area (Å²) in [5, 5.41) is 11.9. The normalized spacial score (nSPS) is 16.4. The number of carbonyl (C=O) groups excluding carboxylic acids is 1. The first kappa shape index (κ1) is 31.3. The van der Waals surface area contributed by atoms with Gasteiger partial charge in [0.1, 0.15) is 16.5 Å². The SMILES string of the molecule is CC[C@@H]1CN(Cc2cc(C(=CC(=O)Nc3cccnc3)c3ccc4c(nnn4CC)c3C)ccc2Cl)S(=O)(=O)c2cccnc2O1. The number of pyridine rings is 2. The number of fused-ring (bicyclic) bond motifs is 2. The van der Waals surface area contributed by atoms with Crippen LogP contribution in [0.1, 0.15) is 42.5 Å². The molecule has 2 aromatic carbocycles. The number of amides is 1. The minimum absolute atomic E-state index is 0.00920. The molecule has 13 heteroatoms. The summed E-state index contributed by atoms with van der Waals surface area (Å²) < 4.78 is 36.8. The van der Waals surface area contributed by atoms with Gasteiger partial charge in [-0.2, -0.15) is 4.31 Å². The summed E-state index contributed by atoms with van der Waals surface area (Å²) in [6.07, 6.45) is 6.41. The van der Waals surface area contributed by atoms with Crippen LogP contribution in [0.25, 0.3) is 16.6 Å². The first-order valence-corrected chi connectivity index (χ1v) is 16.7. The maximum Gasteiger partial charge on any atom is 0.249 e. The van der Waals surface area contributed by atoms with Crippen molar-refractivity contribution in [2.45, 2.75) is 51.3 Å². The zero-order valence-electron chi connectivity index (χ0n) is 25.5. The van der Waals surface area contributed by atoms with Gasteiger partial charge in [-0.05, 0) is 90.6 Å². The number of carbonyl (C=O) groups is 1. The Morgan fingerprint density at radius 2 is 1.96 bits per heavy atom. The molecule has 0 fully saturated rings. The predicted molar refractivity (Wildman–Crippen MR) is 176 cm³/mol. The highest BCUT2D eigenvalue weighted by Gasteiger charge is 2.35. The van der Waals surface area contributed by atoms with Crippen molar-refractivity contribution in [2.24, 2.45) is 0 Å². The third-order valence-corrected chi connectivity index (χ3v) is 10.1. The van der Waals surface area contributed by atoms with E-state index in [9.17, 15) is 13.2 Å². The van der Waals surface area contributed by atoms with Gasteiger partial charge in [-0.15, -0.1) is 5.10 Å². The number of aryl methyl sites for hydroxylation is 2. The summed E-state index contributed by atoms with van der Waals surface area (Å²) in [4.78, 5) is 21.7. The lowest BCUT2D eigenvalue weighted by atomic mass is 9.92. The van der Waals surface area contributed by atoms with Gasteiger partial charge in [0.05, 0.1) is 23.9 Å². The smallest absolute Gasteiger partial charge is 0.249 e. The summed E-state index contributed by atoms with van der Waals surface area (Å²) in [7, 11) is -3.96. The van der Waals surface area contributed by atoms with Gasteiger partial charge in [0.25, 0.3) is 0 Å². The molecule has 1 aliphatic heterocycles. The van der Waals surface area contributed by atoms with Crippen LogP contribution in [0.2, 0.25) is 5.02 Å². The lowest BCUT2D eigenvalue weighted by Crippen LogP contribution is -2.36. The number of hydrogen-bond donors (Lipinski definition) is 1. The maximum atomic E-state index is 13.8. The van der Waals surface area contributed by atoms with Crippen molar-refractivity contribution in [3.8, 4) is 5.88 Å². The Labute approximate surface area is 271 Å². The highest BCUT2D eigenvalue weighted by atomic mass is 35.5. The summed E-state index contributed by atoms with van der Waals surface area (Å²) in [5.41, 5.74) is 5.61. The van der Waals surface area contributed by atoms with Crippen molar-refractivity contribution in [1.29, 1.82) is 0 Å². The molecule has 0 saturated heterocycles. The van der Waals surface area contributed by atoms with Gasteiger partial charge in [0.15, 0.2) is 0 Å². The quantitative estimate of drug-likeness (QED) is 0.212. The molecule has 1 amide bonds. The lowest BCUT2D eigenvalue weighted by molar-refractivity contribution is -0.111. The molecule has 6 rings (SSSR count). The van der Waals surface area contributed by atoms with Gasteiger partial charge >= 0.3 is 0 Å². The zero-order valence-corrected chi connectivity index (χ0v) is 27.1. The van der Waals surface area contributed by atoms with Crippen molar-refractivity contribution in [1.82, 2.24) is 29.3 Å². The van der Waals surface area contributed by atoms with Crippen molar-refractivity contribution in [3.05, 3.63) is 107 Å². The first-order valence-electron chi connectivity index (χ1n) is 14.9. The van der Waals surface area contributed by atoms with Crippen LogP contribution < -0.4 is 10.1 Å². The van der Waals surface area contributed by atoms with Gasteiger partial charge in [-0.25, -0.2) is 18.1 Å². The van der Waals surface area contributed by atoms with E-state index in [2.05, 4.69) is 25.6 Å². The molecule has 1 N–H and O–H groups in total. The molecule has 1 aliphatic rings. The zero-order chi connectivity index (χ0) is 32.4. The van der Waals surface area contributed by atoms with Gasteiger partial charge in [0.2, 0.25) is 21.8 Å². The highest BCUT2D eigenvalue weighted by molar-refractivity contribution is 7.89. The number of hydrogen-bond acceptors (Lipinski definition) is 8. The van der Waals surface area contributed by atoms with Crippen molar-refractivity contribution in [2.75, 3.05) is 11.9 Å². The minimum Gasteiger partial charge on any atom is -0.472 e. The van der Waals surface area contributed by atoms with Crippen LogP contribution in [0, 0.1) is 6.92 Å². The first-order chi connectivity index (χ1) is 22.2. The van der Waals surface area contributed by atoms with E-state index in [1.165, 1.54) is 22.6 Å². The summed E-state index contributed by atoms with van der Waals surface area (Å²) in [6, 6.07) is 15.8. The second kappa shape index (κ2) is 13.0. The number of aromatic nitrogens is 5. The number of sulfonamides is 1. The Morgan fingerprint density at radius 1 is 1.13 bits per heavy atom. The average molecular weight is 658 g/mol. The van der Waals surface area contributed by atoms with Crippen LogP contribution in [0.3, 0.4) is 0 Å². The molecule has 0 bridgehead atoms. The number of ether oxygens (including phenoxy) is 1. The molecule has 0 radical (unpaired) electrons. The van der Waals surface area contributed by atoms with Gasteiger partial charge in [-0.3, -0.25) is 9.78 Å². The second-order valence-corrected chi connectivity index (χ2v) is 13.2. The largest absolute Gasteiger partial charge is 0.472 e. The molecular formula is C33H32ClN7O4S. The summed E-state index contributed by atoms with van der Waals surface area (Å²) >= 11 is 6.72. The predicted octanol–water partition coefficient (Wildman–Crippen LogP) is 5.64. The fraction of sp³-hybridized carbons (Fsp3) is 0.242. The molecule has 3 aromatic heterocycles. The Kier molecular flexibility index (Phi) is 8.85. The van der Waals surface area contributed by atoms with Crippen LogP contribution in [0.5, 0.6) is 5.88 Å². The van der Waals surface area contributed by atoms with Crippen LogP contribution >= 0.6 is 11.6 Å². The van der Waals surface area contributed by atoms with Gasteiger partial charge in [-0.1, -0.05) is 35.9 Å². The van der Waals surface area contributed by atoms with E-state index in [0.29, 0.717) is 40.4 Å². The van der Waals surface area contributed by atoms with Crippen LogP contribution in [0.4, 0.5) is 5.69 Å². The summed E-state index contributed by atoms with van der Waals surface area (Å²) in [5.74, 6) is -0.272. The number of halogens is 1. The van der Waals surface area contributed by atoms with Crippen molar-refractivity contribution in [3.63, 3.8) is 0 Å². The van der Waals surface area contributed by atoms with Gasteiger partial charge < -0.3 is 10.1 Å². The van der Waals surface area contributed by atoms with E-state index in [1.807, 2.05) is 49.7 Å². The third kappa shape index (κ3) is 6.11. The molecular weight excluding hydrogens is 626 g/mol. The highest BCUT2D eigenvalue weighted by Crippen LogP contribution is 2.35. The molecule has 46 heavy (non-hydrogen) atoms. The van der Waals surface area contributed by atoms with E-state index in [4.69, 9.17) is 16.3 Å². The van der Waals surface area contributed by atoms with E-state index in [-0.39, 0.29) is 29.8 Å². The fourth-order valence-corrected chi connectivity index (χ4v) is 7.19. The fourth-order valence-electron chi connectivity index (χ4n) is 5.49. The molecule has 0 spiro atoms. The number of anilines is 1. The average Bonchev–Trinajstić information content (AvgIpc) is 3.45. The second-order valence-electron chi connectivity index (χ2n) is 10.9. The van der Waals surface area contributed by atoms with Crippen LogP contribution in [-0.4, -0.2) is 56.2 Å². The topological polar surface area (TPSA) is 132 Å². The molecule has 236 valence electrons. The third-order valence-electron chi connectivity index (χ3n) is 7.93. The molecule has 5 aromatic rings. The monoisotopic (exact) mass is 657 g/mol.